The van der Waals surface area contributed by atoms with Crippen LogP contribution in [-0.2, 0) is 45.8 Å². The Bertz CT molecular complexity index is 4020. The molecule has 0 atom stereocenters. The molecule has 0 bridgehead atoms. The first-order valence-electron chi connectivity index (χ1n) is 23.8. The summed E-state index contributed by atoms with van der Waals surface area (Å²) in [6.45, 7) is 3.80. The minimum absolute atomic E-state index is 0. The molecule has 12 aromatic rings. The van der Waals surface area contributed by atoms with Crippen molar-refractivity contribution in [1.29, 1.82) is 0 Å². The summed E-state index contributed by atoms with van der Waals surface area (Å²) in [7, 11) is 0. The Hall–Kier alpha value is -8.56. The molecule has 9 nitrogen and oxygen atoms in total. The monoisotopic (exact) mass is 1130 g/mol. The van der Waals surface area contributed by atoms with Crippen LogP contribution < -0.4 is 11.3 Å². The van der Waals surface area contributed by atoms with E-state index in [1.165, 1.54) is 0 Å². The van der Waals surface area contributed by atoms with Crippen LogP contribution in [0.1, 0.15) is 33.4 Å². The van der Waals surface area contributed by atoms with Crippen LogP contribution in [0.5, 0.6) is 0 Å². The van der Waals surface area contributed by atoms with E-state index >= 15 is 0 Å². The molecule has 0 spiro atoms. The van der Waals surface area contributed by atoms with Crippen LogP contribution in [0.15, 0.2) is 189 Å². The average molecular weight is 1130 g/mol. The Morgan fingerprint density at radius 2 is 0.973 bits per heavy atom. The van der Waals surface area contributed by atoms with Crippen molar-refractivity contribution in [3.8, 4) is 55.8 Å². The third-order valence-corrected chi connectivity index (χ3v) is 13.2. The first kappa shape index (κ1) is 46.8. The van der Waals surface area contributed by atoms with Gasteiger partial charge in [0.05, 0.1) is 0 Å². The molecule has 0 fully saturated rings. The van der Waals surface area contributed by atoms with E-state index in [0.717, 1.165) is 89.1 Å². The topological polar surface area (TPSA) is 125 Å². The Morgan fingerprint density at radius 3 is 1.56 bits per heavy atom. The van der Waals surface area contributed by atoms with Crippen molar-refractivity contribution in [3.63, 3.8) is 0 Å². The summed E-state index contributed by atoms with van der Waals surface area (Å²) >= 11 is 0. The Labute approximate surface area is 433 Å². The van der Waals surface area contributed by atoms with Gasteiger partial charge < -0.3 is 33.8 Å². The van der Waals surface area contributed by atoms with Gasteiger partial charge >= 0.3 is 31.4 Å². The second kappa shape index (κ2) is 19.9. The maximum absolute atomic E-state index is 13.2. The molecule has 73 heavy (non-hydrogen) atoms. The molecule has 7 aromatic heterocycles. The summed E-state index contributed by atoms with van der Waals surface area (Å²) in [5, 5.41) is 1.98. The van der Waals surface area contributed by atoms with Gasteiger partial charge in [-0.3, -0.25) is 0 Å². The van der Waals surface area contributed by atoms with Gasteiger partial charge in [-0.1, -0.05) is 152 Å². The van der Waals surface area contributed by atoms with Crippen LogP contribution >= 0.6 is 0 Å². The Balaban J connectivity index is 0.00000574. The van der Waals surface area contributed by atoms with Gasteiger partial charge in [0, 0.05) is 46.0 Å². The van der Waals surface area contributed by atoms with E-state index in [1.54, 1.807) is 12.4 Å². The molecule has 0 N–H and O–H groups in total. The second-order valence-electron chi connectivity index (χ2n) is 18.2. The smallest absolute Gasteiger partial charge is 0.453 e. The molecule has 0 saturated carbocycles. The Morgan fingerprint density at radius 1 is 0.438 bits per heavy atom. The molecule has 12 rings (SSSR count). The van der Waals surface area contributed by atoms with Gasteiger partial charge in [0.1, 0.15) is 11.4 Å². The molecule has 5 aromatic carbocycles. The summed E-state index contributed by atoms with van der Waals surface area (Å²) in [6, 6.07) is 58.2. The third kappa shape index (κ3) is 9.42. The predicted molar refractivity (Wildman–Crippen MR) is 283 cm³/mol. The zero-order valence-electron chi connectivity index (χ0n) is 39.7. The van der Waals surface area contributed by atoms with Gasteiger partial charge in [0.2, 0.25) is 0 Å². The van der Waals surface area contributed by atoms with Crippen LogP contribution in [-0.4, -0.2) is 24.9 Å². The molecule has 7 heterocycles. The predicted octanol–water partition coefficient (Wildman–Crippen LogP) is 13.1. The molecule has 0 aliphatic carbocycles. The average Bonchev–Trinajstić information content (AvgIpc) is 3.43. The minimum Gasteiger partial charge on any atom is -0.453 e. The van der Waals surface area contributed by atoms with Gasteiger partial charge in [0.15, 0.2) is 0 Å². The molecule has 352 valence electrons. The van der Waals surface area contributed by atoms with E-state index in [0.29, 0.717) is 58.3 Å². The van der Waals surface area contributed by atoms with Crippen LogP contribution in [0.4, 0.5) is 0 Å². The van der Waals surface area contributed by atoms with Crippen molar-refractivity contribution in [2.24, 2.45) is 0 Å². The van der Waals surface area contributed by atoms with Gasteiger partial charge in [-0.15, -0.1) is 59.2 Å². The van der Waals surface area contributed by atoms with Gasteiger partial charge in [-0.05, 0) is 92.6 Å². The first-order chi connectivity index (χ1) is 35.3. The van der Waals surface area contributed by atoms with Gasteiger partial charge in [-0.25, -0.2) is 9.59 Å². The van der Waals surface area contributed by atoms with E-state index < -0.39 is 11.3 Å². The van der Waals surface area contributed by atoms with Crippen molar-refractivity contribution >= 4 is 44.0 Å². The van der Waals surface area contributed by atoms with Crippen molar-refractivity contribution in [2.75, 3.05) is 0 Å². The first-order valence-corrected chi connectivity index (χ1v) is 23.8. The van der Waals surface area contributed by atoms with Gasteiger partial charge in [0.25, 0.3) is 0 Å². The number of pyridine rings is 5. The third-order valence-electron chi connectivity index (χ3n) is 13.2. The summed E-state index contributed by atoms with van der Waals surface area (Å²) in [4.78, 5) is 49.7. The normalized spacial score (nSPS) is 11.4. The van der Waals surface area contributed by atoms with Crippen LogP contribution in [0, 0.1) is 32.0 Å². The molecule has 0 radical (unpaired) electrons. The van der Waals surface area contributed by atoms with Crippen molar-refractivity contribution < 1.29 is 28.9 Å². The number of benzene rings is 5. The number of fused-ring (bicyclic) bond motifs is 6. The number of aryl methyl sites for hydroxylation is 6. The SMILES string of the molecule is Cc1[c-]c2c(nc1)oc(=O)c1cc(CCc3cc(CCc4cnc5c(c4)c(=O)oc4ncc(C)[c-]c45)cc(-c4ccccc4-c4cnc(-c5[c-]cccc5)cc4-c4ccc(-c5ccccc5)cc4)c3)cnc12.[Ir+3]. The van der Waals surface area contributed by atoms with E-state index in [2.05, 4.69) is 125 Å². The minimum atomic E-state index is -0.479. The summed E-state index contributed by atoms with van der Waals surface area (Å²) < 4.78 is 11.2. The molecule has 0 aliphatic rings. The van der Waals surface area contributed by atoms with Gasteiger partial charge in [-0.2, -0.15) is 0 Å². The van der Waals surface area contributed by atoms with Crippen LogP contribution in [0.3, 0.4) is 0 Å². The van der Waals surface area contributed by atoms with E-state index in [1.807, 2.05) is 74.9 Å². The standard InChI is InChI=1S/C63H42N5O4.Ir/c1-38-25-52-58-54(62(69)71-60(52)67-33-38)30-42(35-65-58)19-17-40-27-41(18-20-43-31-55-59(66-36-43)53-26-39(2)34-68-61(53)72-63(55)70)29-48(28-40)49-15-9-10-16-50(49)56-37-64-57(47-13-7-4-8-14-47)32-51(56)46-23-21-45(22-24-46)44-11-5-3-6-12-44;/h3-13,15-16,21-24,27-37H,17-20H2,1-2H3;/q-3;+3. The molecule has 0 amide bonds. The largest absolute Gasteiger partial charge is 3.00 e. The van der Waals surface area contributed by atoms with E-state index in [4.69, 9.17) is 23.8 Å². The molecular weight excluding hydrogens is 1080 g/mol. The zero-order valence-corrected chi connectivity index (χ0v) is 42.1. The number of hydrogen-bond donors (Lipinski definition) is 0. The molecule has 0 saturated heterocycles. The fraction of sp³-hybridized carbons (Fsp3) is 0.0952. The van der Waals surface area contributed by atoms with Crippen molar-refractivity contribution in [3.05, 3.63) is 243 Å². The quantitative estimate of drug-likeness (QED) is 0.0919. The summed E-state index contributed by atoms with van der Waals surface area (Å²) in [5.41, 5.74) is 16.5. The fourth-order valence-corrected chi connectivity index (χ4v) is 9.60. The maximum Gasteiger partial charge on any atom is 3.00 e. The van der Waals surface area contributed by atoms with E-state index in [-0.39, 0.29) is 31.5 Å². The molecule has 0 unspecified atom stereocenters. The van der Waals surface area contributed by atoms with Crippen LogP contribution in [0.2, 0.25) is 0 Å². The van der Waals surface area contributed by atoms with Crippen molar-refractivity contribution in [1.82, 2.24) is 24.9 Å². The summed E-state index contributed by atoms with van der Waals surface area (Å²) in [6.07, 6.45) is 11.5. The number of nitrogens with zero attached hydrogens (tertiary/aromatic N) is 5. The maximum atomic E-state index is 13.2. The van der Waals surface area contributed by atoms with E-state index in [9.17, 15) is 9.59 Å². The summed E-state index contributed by atoms with van der Waals surface area (Å²) in [5.74, 6) is 0. The van der Waals surface area contributed by atoms with Crippen LogP contribution in [0.25, 0.3) is 99.8 Å². The van der Waals surface area contributed by atoms with Crippen molar-refractivity contribution in [2.45, 2.75) is 39.5 Å². The molecule has 10 heteroatoms. The second-order valence-corrected chi connectivity index (χ2v) is 18.2. The fourth-order valence-electron chi connectivity index (χ4n) is 9.60. The number of aromatic nitrogens is 5. The Kier molecular flexibility index (Phi) is 12.8. The zero-order chi connectivity index (χ0) is 48.7. The molecule has 0 aliphatic heterocycles. The number of hydrogen-bond acceptors (Lipinski definition) is 9. The molecular formula is C63H42IrN5O4. The number of rotatable bonds is 11.